The molecule has 0 saturated heterocycles. The fraction of sp³-hybridized carbons (Fsp3) is 0.308. The Morgan fingerprint density at radius 3 is 2.94 bits per heavy atom. The first-order valence-electron chi connectivity index (χ1n) is 5.48. The highest BCUT2D eigenvalue weighted by atomic mass is 32.1. The monoisotopic (exact) mass is 248 g/mol. The van der Waals surface area contributed by atoms with Crippen molar-refractivity contribution < 1.29 is 4.74 Å². The summed E-state index contributed by atoms with van der Waals surface area (Å²) in [6, 6.07) is 6.14. The van der Waals surface area contributed by atoms with Crippen molar-refractivity contribution in [2.45, 2.75) is 13.5 Å². The van der Waals surface area contributed by atoms with E-state index in [2.05, 4.69) is 28.7 Å². The third kappa shape index (κ3) is 2.65. The maximum absolute atomic E-state index is 5.37. The second-order valence-electron chi connectivity index (χ2n) is 3.86. The van der Waals surface area contributed by atoms with Gasteiger partial charge >= 0.3 is 0 Å². The van der Waals surface area contributed by atoms with E-state index < -0.39 is 0 Å². The molecule has 0 unspecified atom stereocenters. The van der Waals surface area contributed by atoms with Gasteiger partial charge in [-0.3, -0.25) is 0 Å². The smallest absolute Gasteiger partial charge is 0.128 e. The minimum absolute atomic E-state index is 0.804. The lowest BCUT2D eigenvalue weighted by atomic mass is 10.1. The number of aryl methyl sites for hydroxylation is 1. The van der Waals surface area contributed by atoms with E-state index >= 15 is 0 Å². The van der Waals surface area contributed by atoms with Gasteiger partial charge in [-0.15, -0.1) is 11.3 Å². The van der Waals surface area contributed by atoms with Crippen molar-refractivity contribution in [3.63, 3.8) is 0 Å². The molecule has 0 atom stereocenters. The number of benzene rings is 1. The van der Waals surface area contributed by atoms with E-state index in [1.54, 1.807) is 18.4 Å². The van der Waals surface area contributed by atoms with E-state index in [-0.39, 0.29) is 0 Å². The van der Waals surface area contributed by atoms with E-state index in [1.165, 1.54) is 5.56 Å². The van der Waals surface area contributed by atoms with Crippen LogP contribution in [0.25, 0.3) is 11.3 Å². The van der Waals surface area contributed by atoms with Gasteiger partial charge in [0.2, 0.25) is 0 Å². The topological polar surface area (TPSA) is 34.2 Å². The lowest BCUT2D eigenvalue weighted by molar-refractivity contribution is 0.416. The number of hydrogen-bond donors (Lipinski definition) is 1. The van der Waals surface area contributed by atoms with Gasteiger partial charge in [-0.1, -0.05) is 11.6 Å². The second-order valence-corrected chi connectivity index (χ2v) is 4.80. The van der Waals surface area contributed by atoms with Gasteiger partial charge in [-0.2, -0.15) is 0 Å². The molecule has 0 fully saturated rings. The Hall–Kier alpha value is -1.39. The largest absolute Gasteiger partial charge is 0.496 e. The average Bonchev–Trinajstić information content (AvgIpc) is 2.78. The van der Waals surface area contributed by atoms with Crippen molar-refractivity contribution in [3.8, 4) is 17.0 Å². The van der Waals surface area contributed by atoms with E-state index in [0.29, 0.717) is 0 Å². The summed E-state index contributed by atoms with van der Waals surface area (Å²) < 4.78 is 5.37. The maximum Gasteiger partial charge on any atom is 0.128 e. The zero-order valence-electron chi connectivity index (χ0n) is 10.3. The van der Waals surface area contributed by atoms with E-state index in [9.17, 15) is 0 Å². The number of nitrogens with one attached hydrogen (secondary N) is 1. The Morgan fingerprint density at radius 1 is 1.41 bits per heavy atom. The van der Waals surface area contributed by atoms with Crippen LogP contribution >= 0.6 is 11.3 Å². The number of methoxy groups -OCH3 is 1. The predicted molar refractivity (Wildman–Crippen MR) is 71.6 cm³/mol. The number of aromatic nitrogens is 1. The fourth-order valence-electron chi connectivity index (χ4n) is 1.69. The van der Waals surface area contributed by atoms with Gasteiger partial charge in [0.1, 0.15) is 10.8 Å². The SMILES string of the molecule is CNCc1nc(-c2cc(C)ccc2OC)cs1. The van der Waals surface area contributed by atoms with Gasteiger partial charge in [-0.05, 0) is 26.1 Å². The van der Waals surface area contributed by atoms with Crippen LogP contribution in [0.3, 0.4) is 0 Å². The summed E-state index contributed by atoms with van der Waals surface area (Å²) >= 11 is 1.66. The van der Waals surface area contributed by atoms with Gasteiger partial charge in [0.25, 0.3) is 0 Å². The average molecular weight is 248 g/mol. The molecule has 1 aromatic carbocycles. The molecule has 0 saturated carbocycles. The Bertz CT molecular complexity index is 508. The van der Waals surface area contributed by atoms with Gasteiger partial charge in [0.05, 0.1) is 12.8 Å². The van der Waals surface area contributed by atoms with Crippen molar-refractivity contribution in [2.24, 2.45) is 0 Å². The highest BCUT2D eigenvalue weighted by Gasteiger charge is 2.09. The minimum Gasteiger partial charge on any atom is -0.496 e. The Balaban J connectivity index is 2.40. The first-order valence-corrected chi connectivity index (χ1v) is 6.36. The molecule has 0 bridgehead atoms. The standard InChI is InChI=1S/C13H16N2OS/c1-9-4-5-12(16-3)10(6-9)11-8-17-13(15-11)7-14-2/h4-6,8,14H,7H2,1-3H3. The van der Waals surface area contributed by atoms with Gasteiger partial charge in [0.15, 0.2) is 0 Å². The molecule has 2 rings (SSSR count). The molecule has 2 aromatic rings. The van der Waals surface area contributed by atoms with Crippen LogP contribution in [-0.4, -0.2) is 19.1 Å². The van der Waals surface area contributed by atoms with Gasteiger partial charge in [0, 0.05) is 17.5 Å². The quantitative estimate of drug-likeness (QED) is 0.903. The van der Waals surface area contributed by atoms with Crippen LogP contribution in [0.15, 0.2) is 23.6 Å². The van der Waals surface area contributed by atoms with Crippen LogP contribution in [-0.2, 0) is 6.54 Å². The van der Waals surface area contributed by atoms with Crippen molar-refractivity contribution >= 4 is 11.3 Å². The van der Waals surface area contributed by atoms with Crippen LogP contribution in [0.1, 0.15) is 10.6 Å². The molecular weight excluding hydrogens is 232 g/mol. The molecule has 0 amide bonds. The highest BCUT2D eigenvalue weighted by molar-refractivity contribution is 7.09. The Morgan fingerprint density at radius 2 is 2.24 bits per heavy atom. The van der Waals surface area contributed by atoms with Crippen molar-refractivity contribution in [2.75, 3.05) is 14.2 Å². The van der Waals surface area contributed by atoms with E-state index in [0.717, 1.165) is 28.6 Å². The minimum atomic E-state index is 0.804. The molecule has 90 valence electrons. The maximum atomic E-state index is 5.37. The predicted octanol–water partition coefficient (Wildman–Crippen LogP) is 2.85. The summed E-state index contributed by atoms with van der Waals surface area (Å²) in [4.78, 5) is 4.60. The molecule has 1 N–H and O–H groups in total. The highest BCUT2D eigenvalue weighted by Crippen LogP contribution is 2.31. The lowest BCUT2D eigenvalue weighted by Gasteiger charge is -2.06. The normalized spacial score (nSPS) is 10.5. The zero-order chi connectivity index (χ0) is 12.3. The van der Waals surface area contributed by atoms with Crippen LogP contribution in [0, 0.1) is 6.92 Å². The molecule has 17 heavy (non-hydrogen) atoms. The fourth-order valence-corrected chi connectivity index (χ4v) is 2.50. The van der Waals surface area contributed by atoms with Crippen LogP contribution in [0.2, 0.25) is 0 Å². The van der Waals surface area contributed by atoms with Crippen molar-refractivity contribution in [1.29, 1.82) is 0 Å². The third-order valence-electron chi connectivity index (χ3n) is 2.51. The summed E-state index contributed by atoms with van der Waals surface area (Å²) in [5, 5.41) is 6.27. The number of hydrogen-bond acceptors (Lipinski definition) is 4. The van der Waals surface area contributed by atoms with Crippen LogP contribution < -0.4 is 10.1 Å². The molecule has 0 spiro atoms. The number of thiazole rings is 1. The molecule has 3 nitrogen and oxygen atoms in total. The summed E-state index contributed by atoms with van der Waals surface area (Å²) in [5.74, 6) is 0.872. The van der Waals surface area contributed by atoms with Crippen LogP contribution in [0.4, 0.5) is 0 Å². The first kappa shape index (κ1) is 12.1. The first-order chi connectivity index (χ1) is 8.24. The molecule has 4 heteroatoms. The molecule has 0 radical (unpaired) electrons. The summed E-state index contributed by atoms with van der Waals surface area (Å²) in [7, 11) is 3.61. The van der Waals surface area contributed by atoms with Gasteiger partial charge in [-0.25, -0.2) is 4.98 Å². The second kappa shape index (κ2) is 5.29. The van der Waals surface area contributed by atoms with Gasteiger partial charge < -0.3 is 10.1 Å². The molecule has 1 aromatic heterocycles. The van der Waals surface area contributed by atoms with Crippen molar-refractivity contribution in [3.05, 3.63) is 34.2 Å². The van der Waals surface area contributed by atoms with E-state index in [4.69, 9.17) is 4.74 Å². The summed E-state index contributed by atoms with van der Waals surface area (Å²) in [6.07, 6.45) is 0. The molecule has 1 heterocycles. The third-order valence-corrected chi connectivity index (χ3v) is 3.36. The van der Waals surface area contributed by atoms with E-state index in [1.807, 2.05) is 19.2 Å². The number of rotatable bonds is 4. The summed E-state index contributed by atoms with van der Waals surface area (Å²) in [6.45, 7) is 2.88. The molecule has 0 aliphatic rings. The lowest BCUT2D eigenvalue weighted by Crippen LogP contribution is -2.04. The number of nitrogens with zero attached hydrogens (tertiary/aromatic N) is 1. The summed E-state index contributed by atoms with van der Waals surface area (Å²) in [5.41, 5.74) is 3.26. The Labute approximate surface area is 105 Å². The molecule has 0 aliphatic carbocycles. The number of ether oxygens (including phenoxy) is 1. The molecule has 0 aliphatic heterocycles. The van der Waals surface area contributed by atoms with Crippen LogP contribution in [0.5, 0.6) is 5.75 Å². The Kier molecular flexibility index (Phi) is 3.76. The molecular formula is C13H16N2OS. The zero-order valence-corrected chi connectivity index (χ0v) is 11.1. The van der Waals surface area contributed by atoms with Crippen molar-refractivity contribution in [1.82, 2.24) is 10.3 Å².